The molecule has 0 unspecified atom stereocenters. The Balaban J connectivity index is 3.82. The molecule has 4 heteroatoms. The smallest absolute Gasteiger partial charge is 0.0658 e. The molecule has 0 aliphatic heterocycles. The van der Waals surface area contributed by atoms with Crippen molar-refractivity contribution in [2.45, 2.75) is 13.8 Å². The van der Waals surface area contributed by atoms with Gasteiger partial charge in [0.05, 0.1) is 19.8 Å². The van der Waals surface area contributed by atoms with Crippen molar-refractivity contribution >= 4 is 5.71 Å². The fourth-order valence-corrected chi connectivity index (χ4v) is 1.07. The lowest BCUT2D eigenvalue weighted by molar-refractivity contribution is 0.202. The Morgan fingerprint density at radius 3 is 2.47 bits per heavy atom. The molecule has 0 rings (SSSR count). The minimum absolute atomic E-state index is 0.668. The Labute approximate surface area is 92.4 Å². The Kier molecular flexibility index (Phi) is 9.11. The lowest BCUT2D eigenvalue weighted by Crippen LogP contribution is -2.17. The maximum atomic E-state index is 4.94. The van der Waals surface area contributed by atoms with Crippen LogP contribution in [-0.4, -0.2) is 46.2 Å². The highest BCUT2D eigenvalue weighted by Crippen LogP contribution is 1.89. The predicted octanol–water partition coefficient (Wildman–Crippen LogP) is 1.23. The summed E-state index contributed by atoms with van der Waals surface area (Å²) in [5.41, 5.74) is 2.11. The summed E-state index contributed by atoms with van der Waals surface area (Å²) in [6, 6.07) is 0. The second-order valence-corrected chi connectivity index (χ2v) is 3.26. The molecule has 0 radical (unpaired) electrons. The topological polar surface area (TPSA) is 42.8 Å². The number of ether oxygens (including phenoxy) is 2. The molecule has 0 aromatic rings. The molecule has 0 saturated carbocycles. The summed E-state index contributed by atoms with van der Waals surface area (Å²) in [5, 5.41) is 3.23. The van der Waals surface area contributed by atoms with Gasteiger partial charge in [0, 0.05) is 32.2 Å². The molecule has 0 aromatic heterocycles. The summed E-state index contributed by atoms with van der Waals surface area (Å²) in [4.78, 5) is 4.33. The van der Waals surface area contributed by atoms with Crippen LogP contribution in [0.3, 0.4) is 0 Å². The van der Waals surface area contributed by atoms with Gasteiger partial charge in [-0.1, -0.05) is 0 Å². The van der Waals surface area contributed by atoms with E-state index in [1.807, 2.05) is 19.9 Å². The molecule has 0 spiro atoms. The Morgan fingerprint density at radius 1 is 1.20 bits per heavy atom. The molecule has 0 aromatic carbocycles. The first-order chi connectivity index (χ1) is 7.20. The monoisotopic (exact) mass is 214 g/mol. The van der Waals surface area contributed by atoms with Gasteiger partial charge in [-0.2, -0.15) is 0 Å². The van der Waals surface area contributed by atoms with Crippen molar-refractivity contribution in [2.24, 2.45) is 4.99 Å². The quantitative estimate of drug-likeness (QED) is 0.488. The van der Waals surface area contributed by atoms with Crippen LogP contribution in [0.15, 0.2) is 16.8 Å². The van der Waals surface area contributed by atoms with Gasteiger partial charge < -0.3 is 14.8 Å². The van der Waals surface area contributed by atoms with Gasteiger partial charge in [-0.25, -0.2) is 0 Å². The van der Waals surface area contributed by atoms with Crippen molar-refractivity contribution in [2.75, 3.05) is 40.5 Å². The Hall–Kier alpha value is -0.870. The minimum atomic E-state index is 0.668. The highest BCUT2D eigenvalue weighted by atomic mass is 16.5. The lowest BCUT2D eigenvalue weighted by Gasteiger charge is -2.05. The van der Waals surface area contributed by atoms with E-state index in [2.05, 4.69) is 10.3 Å². The van der Waals surface area contributed by atoms with Gasteiger partial charge in [-0.15, -0.1) is 0 Å². The van der Waals surface area contributed by atoms with Crippen LogP contribution in [0.2, 0.25) is 0 Å². The van der Waals surface area contributed by atoms with E-state index in [1.165, 1.54) is 0 Å². The SMILES string of the molecule is COCCN=C(C)/C=C(/C)NCCOC. The van der Waals surface area contributed by atoms with Gasteiger partial charge in [0.15, 0.2) is 0 Å². The third-order valence-electron chi connectivity index (χ3n) is 1.79. The number of hydrogen-bond acceptors (Lipinski definition) is 4. The number of aliphatic imine (C=N–C) groups is 1. The number of allylic oxidation sites excluding steroid dienone is 2. The third-order valence-corrected chi connectivity index (χ3v) is 1.79. The van der Waals surface area contributed by atoms with Gasteiger partial charge in [0.2, 0.25) is 0 Å². The maximum Gasteiger partial charge on any atom is 0.0658 e. The summed E-state index contributed by atoms with van der Waals surface area (Å²) < 4.78 is 9.86. The molecule has 0 fully saturated rings. The second-order valence-electron chi connectivity index (χ2n) is 3.26. The van der Waals surface area contributed by atoms with Crippen LogP contribution in [-0.2, 0) is 9.47 Å². The van der Waals surface area contributed by atoms with Crippen molar-refractivity contribution in [3.8, 4) is 0 Å². The lowest BCUT2D eigenvalue weighted by atomic mass is 10.3. The molecule has 0 saturated heterocycles. The molecule has 0 bridgehead atoms. The zero-order valence-corrected chi connectivity index (χ0v) is 10.2. The number of nitrogens with one attached hydrogen (secondary N) is 1. The summed E-state index contributed by atoms with van der Waals surface area (Å²) in [5.74, 6) is 0. The predicted molar refractivity (Wildman–Crippen MR) is 63.5 cm³/mol. The first-order valence-corrected chi connectivity index (χ1v) is 5.11. The van der Waals surface area contributed by atoms with Gasteiger partial charge in [-0.3, -0.25) is 4.99 Å². The van der Waals surface area contributed by atoms with E-state index in [4.69, 9.17) is 9.47 Å². The average Bonchev–Trinajstić information content (AvgIpc) is 2.18. The maximum absolute atomic E-state index is 4.94. The van der Waals surface area contributed by atoms with E-state index in [1.54, 1.807) is 14.2 Å². The highest BCUT2D eigenvalue weighted by Gasteiger charge is 1.90. The van der Waals surface area contributed by atoms with Crippen LogP contribution < -0.4 is 5.32 Å². The van der Waals surface area contributed by atoms with Crippen molar-refractivity contribution in [1.29, 1.82) is 0 Å². The standard InChI is InChI=1S/C11H22N2O2/c1-10(12-5-7-14-3)9-11(2)13-6-8-15-4/h9,12H,5-8H2,1-4H3/b10-9-,13-11?. The number of rotatable bonds is 8. The largest absolute Gasteiger partial charge is 0.386 e. The van der Waals surface area contributed by atoms with Crippen LogP contribution in [0.5, 0.6) is 0 Å². The fraction of sp³-hybridized carbons (Fsp3) is 0.727. The Bertz CT molecular complexity index is 213. The number of methoxy groups -OCH3 is 2. The van der Waals surface area contributed by atoms with Crippen LogP contribution in [0, 0.1) is 0 Å². The first-order valence-electron chi connectivity index (χ1n) is 5.11. The zero-order chi connectivity index (χ0) is 11.5. The van der Waals surface area contributed by atoms with E-state index in [0.29, 0.717) is 19.8 Å². The van der Waals surface area contributed by atoms with E-state index in [0.717, 1.165) is 18.0 Å². The normalized spacial score (nSPS) is 13.1. The summed E-state index contributed by atoms with van der Waals surface area (Å²) in [6.07, 6.45) is 2.02. The minimum Gasteiger partial charge on any atom is -0.386 e. The summed E-state index contributed by atoms with van der Waals surface area (Å²) in [6.45, 7) is 6.92. The van der Waals surface area contributed by atoms with E-state index < -0.39 is 0 Å². The summed E-state index contributed by atoms with van der Waals surface area (Å²) >= 11 is 0. The van der Waals surface area contributed by atoms with Gasteiger partial charge in [-0.05, 0) is 19.9 Å². The van der Waals surface area contributed by atoms with Gasteiger partial charge in [0.1, 0.15) is 0 Å². The highest BCUT2D eigenvalue weighted by molar-refractivity contribution is 5.93. The zero-order valence-electron chi connectivity index (χ0n) is 10.2. The average molecular weight is 214 g/mol. The Morgan fingerprint density at radius 2 is 1.87 bits per heavy atom. The molecule has 0 atom stereocenters. The molecule has 1 N–H and O–H groups in total. The van der Waals surface area contributed by atoms with E-state index >= 15 is 0 Å². The molecule has 0 amide bonds. The molecule has 4 nitrogen and oxygen atoms in total. The third kappa shape index (κ3) is 9.43. The number of nitrogens with zero attached hydrogens (tertiary/aromatic N) is 1. The van der Waals surface area contributed by atoms with Crippen molar-refractivity contribution in [3.63, 3.8) is 0 Å². The molecule has 0 aliphatic carbocycles. The summed E-state index contributed by atoms with van der Waals surface area (Å²) in [7, 11) is 3.37. The van der Waals surface area contributed by atoms with Crippen LogP contribution in [0.25, 0.3) is 0 Å². The second kappa shape index (κ2) is 9.68. The van der Waals surface area contributed by atoms with E-state index in [-0.39, 0.29) is 0 Å². The van der Waals surface area contributed by atoms with Crippen LogP contribution in [0.4, 0.5) is 0 Å². The van der Waals surface area contributed by atoms with Gasteiger partial charge >= 0.3 is 0 Å². The van der Waals surface area contributed by atoms with Crippen molar-refractivity contribution in [1.82, 2.24) is 5.32 Å². The fourth-order valence-electron chi connectivity index (χ4n) is 1.07. The van der Waals surface area contributed by atoms with Crippen LogP contribution >= 0.6 is 0 Å². The van der Waals surface area contributed by atoms with Crippen LogP contribution in [0.1, 0.15) is 13.8 Å². The molecular formula is C11H22N2O2. The van der Waals surface area contributed by atoms with Crippen molar-refractivity contribution in [3.05, 3.63) is 11.8 Å². The van der Waals surface area contributed by atoms with Gasteiger partial charge in [0.25, 0.3) is 0 Å². The molecule has 15 heavy (non-hydrogen) atoms. The molecule has 0 aliphatic rings. The molecule has 0 heterocycles. The first kappa shape index (κ1) is 14.1. The van der Waals surface area contributed by atoms with Crippen molar-refractivity contribution < 1.29 is 9.47 Å². The molecular weight excluding hydrogens is 192 g/mol. The van der Waals surface area contributed by atoms with E-state index in [9.17, 15) is 0 Å². The number of hydrogen-bond donors (Lipinski definition) is 1. The molecule has 88 valence electrons.